The molecule has 0 unspecified atom stereocenters. The largest absolute Gasteiger partial charge is 0.383 e. The molecule has 2 rings (SSSR count). The minimum absolute atomic E-state index is 0.0782. The molecule has 0 aliphatic heterocycles. The molecule has 0 saturated carbocycles. The van der Waals surface area contributed by atoms with Gasteiger partial charge in [0.15, 0.2) is 0 Å². The van der Waals surface area contributed by atoms with E-state index in [1.165, 1.54) is 20.9 Å². The first-order valence-corrected chi connectivity index (χ1v) is 7.24. The van der Waals surface area contributed by atoms with Gasteiger partial charge in [-0.15, -0.1) is 11.3 Å². The third-order valence-corrected chi connectivity index (χ3v) is 3.95. The van der Waals surface area contributed by atoms with Gasteiger partial charge in [-0.2, -0.15) is 9.36 Å². The lowest BCUT2D eigenvalue weighted by Gasteiger charge is -2.23. The third-order valence-electron chi connectivity index (χ3n) is 3.10. The minimum Gasteiger partial charge on any atom is -0.383 e. The van der Waals surface area contributed by atoms with Crippen molar-refractivity contribution in [2.75, 3.05) is 20.8 Å². The summed E-state index contributed by atoms with van der Waals surface area (Å²) >= 11 is 1.38. The number of carbonyl (C=O) groups is 1. The zero-order valence-corrected chi connectivity index (χ0v) is 12.9. The normalized spacial score (nSPS) is 12.3. The highest BCUT2D eigenvalue weighted by molar-refractivity contribution is 7.12. The van der Waals surface area contributed by atoms with Gasteiger partial charge in [-0.05, 0) is 34.9 Å². The number of ether oxygens (including phenoxy) is 1. The van der Waals surface area contributed by atoms with Crippen LogP contribution in [0.5, 0.6) is 0 Å². The number of amides is 1. The Kier molecular flexibility index (Phi) is 4.86. The average molecular weight is 311 g/mol. The number of hydrogen-bond acceptors (Lipinski definition) is 6. The van der Waals surface area contributed by atoms with Crippen LogP contribution in [0.4, 0.5) is 0 Å². The maximum atomic E-state index is 12.1. The van der Waals surface area contributed by atoms with Crippen LogP contribution in [0.1, 0.15) is 6.92 Å². The van der Waals surface area contributed by atoms with Crippen molar-refractivity contribution in [3.05, 3.63) is 28.0 Å². The fourth-order valence-electron chi connectivity index (χ4n) is 1.74. The monoisotopic (exact) mass is 311 g/mol. The molecule has 0 N–H and O–H groups in total. The summed E-state index contributed by atoms with van der Waals surface area (Å²) in [6.07, 6.45) is 0. The first-order chi connectivity index (χ1) is 10.0. The van der Waals surface area contributed by atoms with Gasteiger partial charge in [0.25, 0.3) is 0 Å². The van der Waals surface area contributed by atoms with E-state index < -0.39 is 5.69 Å². The van der Waals surface area contributed by atoms with E-state index in [9.17, 15) is 9.59 Å². The van der Waals surface area contributed by atoms with Crippen LogP contribution < -0.4 is 5.69 Å². The molecule has 0 aliphatic rings. The molecule has 8 nitrogen and oxygen atoms in total. The fraction of sp³-hybridized carbons (Fsp3) is 0.500. The van der Waals surface area contributed by atoms with E-state index in [0.29, 0.717) is 11.6 Å². The van der Waals surface area contributed by atoms with E-state index in [-0.39, 0.29) is 18.5 Å². The van der Waals surface area contributed by atoms with Gasteiger partial charge < -0.3 is 9.64 Å². The van der Waals surface area contributed by atoms with Crippen molar-refractivity contribution in [1.82, 2.24) is 24.7 Å². The first kappa shape index (κ1) is 15.4. The first-order valence-electron chi connectivity index (χ1n) is 6.36. The van der Waals surface area contributed by atoms with E-state index in [1.54, 1.807) is 20.2 Å². The molecule has 0 bridgehead atoms. The average Bonchev–Trinajstić information content (AvgIpc) is 3.09. The van der Waals surface area contributed by atoms with Crippen molar-refractivity contribution in [2.24, 2.45) is 0 Å². The van der Waals surface area contributed by atoms with E-state index >= 15 is 0 Å². The fourth-order valence-corrected chi connectivity index (χ4v) is 2.41. The van der Waals surface area contributed by atoms with Crippen LogP contribution in [0.15, 0.2) is 22.3 Å². The molecule has 0 aliphatic carbocycles. The molecule has 21 heavy (non-hydrogen) atoms. The SMILES string of the molecule is COC[C@H](C)N(C)C(=O)Cn1nnn(-c2cccs2)c1=O. The van der Waals surface area contributed by atoms with Crippen LogP contribution >= 0.6 is 11.3 Å². The van der Waals surface area contributed by atoms with E-state index in [1.807, 2.05) is 18.4 Å². The van der Waals surface area contributed by atoms with Gasteiger partial charge in [-0.1, -0.05) is 0 Å². The second-order valence-electron chi connectivity index (χ2n) is 4.59. The summed E-state index contributed by atoms with van der Waals surface area (Å²) < 4.78 is 7.24. The maximum absolute atomic E-state index is 12.1. The summed E-state index contributed by atoms with van der Waals surface area (Å²) in [5, 5.41) is 10.0. The van der Waals surface area contributed by atoms with Crippen molar-refractivity contribution in [2.45, 2.75) is 19.5 Å². The quantitative estimate of drug-likeness (QED) is 0.749. The van der Waals surface area contributed by atoms with Crippen molar-refractivity contribution in [3.63, 3.8) is 0 Å². The van der Waals surface area contributed by atoms with Crippen LogP contribution in [0, 0.1) is 0 Å². The molecule has 0 aromatic carbocycles. The summed E-state index contributed by atoms with van der Waals surface area (Å²) in [7, 11) is 3.24. The van der Waals surface area contributed by atoms with Crippen molar-refractivity contribution in [3.8, 4) is 5.00 Å². The molecular weight excluding hydrogens is 294 g/mol. The highest BCUT2D eigenvalue weighted by Crippen LogP contribution is 2.10. The van der Waals surface area contributed by atoms with Gasteiger partial charge in [-0.3, -0.25) is 4.79 Å². The van der Waals surface area contributed by atoms with Crippen molar-refractivity contribution >= 4 is 17.2 Å². The Labute approximate surface area is 125 Å². The topological polar surface area (TPSA) is 82.2 Å². The number of carbonyl (C=O) groups excluding carboxylic acids is 1. The molecule has 0 saturated heterocycles. The van der Waals surface area contributed by atoms with Crippen LogP contribution in [0.25, 0.3) is 5.00 Å². The lowest BCUT2D eigenvalue weighted by atomic mass is 10.3. The van der Waals surface area contributed by atoms with Gasteiger partial charge in [-0.25, -0.2) is 4.79 Å². The highest BCUT2D eigenvalue weighted by Gasteiger charge is 2.19. The van der Waals surface area contributed by atoms with Crippen LogP contribution in [0.2, 0.25) is 0 Å². The summed E-state index contributed by atoms with van der Waals surface area (Å²) in [6, 6.07) is 3.50. The summed E-state index contributed by atoms with van der Waals surface area (Å²) in [6.45, 7) is 2.15. The van der Waals surface area contributed by atoms with Crippen molar-refractivity contribution in [1.29, 1.82) is 0 Å². The third kappa shape index (κ3) is 3.37. The Morgan fingerprint density at radius 3 is 2.90 bits per heavy atom. The molecule has 0 fully saturated rings. The van der Waals surface area contributed by atoms with E-state index in [0.717, 1.165) is 4.68 Å². The molecule has 114 valence electrons. The molecule has 2 aromatic heterocycles. The number of nitrogens with zero attached hydrogens (tertiary/aromatic N) is 5. The number of tetrazole rings is 1. The van der Waals surface area contributed by atoms with Crippen LogP contribution in [-0.2, 0) is 16.1 Å². The lowest BCUT2D eigenvalue weighted by molar-refractivity contribution is -0.133. The number of methoxy groups -OCH3 is 1. The summed E-state index contributed by atoms with van der Waals surface area (Å²) in [5.41, 5.74) is -0.432. The molecule has 9 heteroatoms. The predicted octanol–water partition coefficient (Wildman–Crippen LogP) is -0.0162. The zero-order chi connectivity index (χ0) is 15.4. The molecule has 1 atom stereocenters. The Balaban J connectivity index is 2.11. The highest BCUT2D eigenvalue weighted by atomic mass is 32.1. The second kappa shape index (κ2) is 6.64. The number of aromatic nitrogens is 4. The number of likely N-dealkylation sites (N-methyl/N-ethyl adjacent to an activating group) is 1. The van der Waals surface area contributed by atoms with Gasteiger partial charge in [0.2, 0.25) is 5.91 Å². The molecule has 0 spiro atoms. The number of hydrogen-bond donors (Lipinski definition) is 0. The smallest absolute Gasteiger partial charge is 0.369 e. The molecular formula is C12H17N5O3S. The van der Waals surface area contributed by atoms with Crippen LogP contribution in [0.3, 0.4) is 0 Å². The van der Waals surface area contributed by atoms with Gasteiger partial charge in [0.05, 0.1) is 12.6 Å². The minimum atomic E-state index is -0.432. The Bertz CT molecular complexity index is 648. The lowest BCUT2D eigenvalue weighted by Crippen LogP contribution is -2.41. The number of thiophene rings is 1. The maximum Gasteiger partial charge on any atom is 0.369 e. The molecule has 2 aromatic rings. The zero-order valence-electron chi connectivity index (χ0n) is 12.1. The van der Waals surface area contributed by atoms with Crippen LogP contribution in [-0.4, -0.2) is 57.4 Å². The molecule has 1 amide bonds. The van der Waals surface area contributed by atoms with Gasteiger partial charge >= 0.3 is 5.69 Å². The van der Waals surface area contributed by atoms with Crippen molar-refractivity contribution < 1.29 is 9.53 Å². The standard InChI is InChI=1S/C12H17N5O3S/c1-9(8-20-3)15(2)10(18)7-16-12(19)17(14-13-16)11-5-4-6-21-11/h4-6,9H,7-8H2,1-3H3/t9-/m0/s1. The Morgan fingerprint density at radius 1 is 1.52 bits per heavy atom. The van der Waals surface area contributed by atoms with Gasteiger partial charge in [0.1, 0.15) is 11.5 Å². The predicted molar refractivity (Wildman–Crippen MR) is 77.6 cm³/mol. The summed E-state index contributed by atoms with van der Waals surface area (Å²) in [4.78, 5) is 25.8. The second-order valence-corrected chi connectivity index (χ2v) is 5.52. The summed E-state index contributed by atoms with van der Waals surface area (Å²) in [5.74, 6) is -0.222. The molecule has 0 radical (unpaired) electrons. The van der Waals surface area contributed by atoms with E-state index in [4.69, 9.17) is 4.74 Å². The van der Waals surface area contributed by atoms with E-state index in [2.05, 4.69) is 10.4 Å². The Morgan fingerprint density at radius 2 is 2.29 bits per heavy atom. The number of rotatable bonds is 6. The van der Waals surface area contributed by atoms with Gasteiger partial charge in [0, 0.05) is 14.2 Å². The molecule has 2 heterocycles. The Hall–Kier alpha value is -2.00.